The monoisotopic (exact) mass is 188 g/mol. The lowest BCUT2D eigenvalue weighted by atomic mass is 10.3. The van der Waals surface area contributed by atoms with Crippen LogP contribution in [0, 0.1) is 0 Å². The summed E-state index contributed by atoms with van der Waals surface area (Å²) in [5.41, 5.74) is 0. The molecule has 0 spiro atoms. The van der Waals surface area contributed by atoms with E-state index in [1.54, 1.807) is 13.2 Å². The maximum atomic E-state index is 7.12. The van der Waals surface area contributed by atoms with E-state index in [0.717, 1.165) is 5.75 Å². The average Bonchev–Trinajstić information content (AvgIpc) is 2.06. The molecule has 5 heteroatoms. The summed E-state index contributed by atoms with van der Waals surface area (Å²) in [6.45, 7) is 0. The second kappa shape index (κ2) is 6.97. The largest absolute Gasteiger partial charge is 0.497 e. The molecule has 0 bridgehead atoms. The topological polar surface area (TPSA) is 49.7 Å². The van der Waals surface area contributed by atoms with E-state index in [0.29, 0.717) is 5.02 Å². The van der Waals surface area contributed by atoms with Gasteiger partial charge in [0.25, 0.3) is 0 Å². The lowest BCUT2D eigenvalue weighted by molar-refractivity contribution is 0.415. The zero-order valence-corrected chi connectivity index (χ0v) is 7.45. The maximum Gasteiger partial charge on any atom is 0.432 e. The van der Waals surface area contributed by atoms with Crippen LogP contribution in [0.25, 0.3) is 0 Å². The van der Waals surface area contributed by atoms with Gasteiger partial charge < -0.3 is 14.8 Å². The van der Waals surface area contributed by atoms with Crippen molar-refractivity contribution in [2.45, 2.75) is 0 Å². The molecule has 0 atom stereocenters. The van der Waals surface area contributed by atoms with Gasteiger partial charge >= 0.3 is 7.69 Å². The molecule has 3 nitrogen and oxygen atoms in total. The molecule has 1 aromatic rings. The Hall–Kier alpha value is -0.705. The molecule has 0 amide bonds. The third-order valence-corrected chi connectivity index (χ3v) is 1.27. The minimum atomic E-state index is -0.750. The van der Waals surface area contributed by atoms with Gasteiger partial charge in [-0.2, -0.15) is 0 Å². The number of ether oxygens (including phenoxy) is 1. The van der Waals surface area contributed by atoms with E-state index < -0.39 is 7.69 Å². The third kappa shape index (κ3) is 5.01. The van der Waals surface area contributed by atoms with Crippen molar-refractivity contribution in [2.24, 2.45) is 0 Å². The molecular weight excluding hydrogens is 178 g/mol. The molecular formula is C7H10BClO3. The lowest BCUT2D eigenvalue weighted by Gasteiger charge is -1.96. The van der Waals surface area contributed by atoms with E-state index in [4.69, 9.17) is 26.4 Å². The van der Waals surface area contributed by atoms with Gasteiger partial charge in [0.05, 0.1) is 7.11 Å². The van der Waals surface area contributed by atoms with E-state index in [1.807, 2.05) is 18.2 Å². The van der Waals surface area contributed by atoms with Crippen molar-refractivity contribution >= 4 is 19.3 Å². The smallest absolute Gasteiger partial charge is 0.432 e. The molecule has 0 aromatic heterocycles. The van der Waals surface area contributed by atoms with E-state index in [9.17, 15) is 0 Å². The summed E-state index contributed by atoms with van der Waals surface area (Å²) in [4.78, 5) is 0. The fourth-order valence-electron chi connectivity index (χ4n) is 0.594. The first-order chi connectivity index (χ1) is 5.74. The first-order valence-electron chi connectivity index (χ1n) is 3.26. The molecule has 12 heavy (non-hydrogen) atoms. The number of halogens is 1. The van der Waals surface area contributed by atoms with Gasteiger partial charge in [0.15, 0.2) is 0 Å². The van der Waals surface area contributed by atoms with Gasteiger partial charge in [-0.25, -0.2) is 0 Å². The molecule has 0 unspecified atom stereocenters. The first-order valence-corrected chi connectivity index (χ1v) is 3.63. The van der Waals surface area contributed by atoms with Crippen LogP contribution in [0.3, 0.4) is 0 Å². The third-order valence-electron chi connectivity index (χ3n) is 1.03. The van der Waals surface area contributed by atoms with Crippen LogP contribution in [0.5, 0.6) is 5.75 Å². The van der Waals surface area contributed by atoms with Crippen LogP contribution in [-0.2, 0) is 0 Å². The van der Waals surface area contributed by atoms with Gasteiger partial charge in [0.2, 0.25) is 0 Å². The van der Waals surface area contributed by atoms with Gasteiger partial charge in [0.1, 0.15) is 5.75 Å². The maximum absolute atomic E-state index is 7.12. The highest BCUT2D eigenvalue weighted by atomic mass is 35.5. The Labute approximate surface area is 76.9 Å². The van der Waals surface area contributed by atoms with E-state index >= 15 is 0 Å². The van der Waals surface area contributed by atoms with E-state index in [-0.39, 0.29) is 0 Å². The van der Waals surface area contributed by atoms with Crippen molar-refractivity contribution in [3.05, 3.63) is 29.3 Å². The summed E-state index contributed by atoms with van der Waals surface area (Å²) >= 11 is 5.64. The molecule has 0 heterocycles. The number of hydrogen-bond acceptors (Lipinski definition) is 3. The Balaban J connectivity index is 0.000000354. The van der Waals surface area contributed by atoms with Crippen molar-refractivity contribution in [1.82, 2.24) is 0 Å². The number of methoxy groups -OCH3 is 1. The molecule has 0 saturated carbocycles. The average molecular weight is 188 g/mol. The summed E-state index contributed by atoms with van der Waals surface area (Å²) in [5, 5.41) is 15.0. The number of rotatable bonds is 1. The summed E-state index contributed by atoms with van der Waals surface area (Å²) in [5.74, 6) is 0.794. The molecule has 2 N–H and O–H groups in total. The fourth-order valence-corrected chi connectivity index (χ4v) is 0.774. The number of hydrogen-bond donors (Lipinski definition) is 2. The first kappa shape index (κ1) is 11.3. The Kier molecular flexibility index (Phi) is 6.56. The molecule has 0 aliphatic heterocycles. The standard InChI is InChI=1S/C7H7ClO.BH3O2/c1-9-7-4-2-3-6(8)5-7;2-1-3/h2-5H,1H3;1-3H. The molecule has 66 valence electrons. The molecule has 1 aromatic carbocycles. The normalized spacial score (nSPS) is 8.00. The zero-order valence-electron chi connectivity index (χ0n) is 6.70. The molecule has 0 radical (unpaired) electrons. The van der Waals surface area contributed by atoms with Crippen LogP contribution in [0.2, 0.25) is 5.02 Å². The second-order valence-electron chi connectivity index (χ2n) is 1.80. The minimum absolute atomic E-state index is 0.703. The lowest BCUT2D eigenvalue weighted by Crippen LogP contribution is -1.79. The molecule has 0 aliphatic rings. The van der Waals surface area contributed by atoms with Crippen LogP contribution in [-0.4, -0.2) is 24.8 Å². The highest BCUT2D eigenvalue weighted by Gasteiger charge is 1.88. The van der Waals surface area contributed by atoms with Crippen molar-refractivity contribution in [3.63, 3.8) is 0 Å². The van der Waals surface area contributed by atoms with Crippen LogP contribution in [0.4, 0.5) is 0 Å². The van der Waals surface area contributed by atoms with E-state index in [2.05, 4.69) is 0 Å². The van der Waals surface area contributed by atoms with Crippen LogP contribution < -0.4 is 4.74 Å². The van der Waals surface area contributed by atoms with Crippen LogP contribution in [0.15, 0.2) is 24.3 Å². The highest BCUT2D eigenvalue weighted by molar-refractivity contribution is 6.30. The molecule has 1 rings (SSSR count). The Morgan fingerprint density at radius 2 is 2.00 bits per heavy atom. The minimum Gasteiger partial charge on any atom is -0.497 e. The van der Waals surface area contributed by atoms with Crippen molar-refractivity contribution in [3.8, 4) is 5.75 Å². The molecule has 0 saturated heterocycles. The summed E-state index contributed by atoms with van der Waals surface area (Å²) in [6.07, 6.45) is 0. The predicted molar refractivity (Wildman–Crippen MR) is 49.6 cm³/mol. The fraction of sp³-hybridized carbons (Fsp3) is 0.143. The van der Waals surface area contributed by atoms with Crippen molar-refractivity contribution in [2.75, 3.05) is 7.11 Å². The summed E-state index contributed by atoms with van der Waals surface area (Å²) in [6, 6.07) is 7.28. The van der Waals surface area contributed by atoms with Crippen LogP contribution in [0.1, 0.15) is 0 Å². The SMILES string of the molecule is COc1cccc(Cl)c1.OBO. The van der Waals surface area contributed by atoms with Gasteiger partial charge in [0, 0.05) is 5.02 Å². The summed E-state index contributed by atoms with van der Waals surface area (Å²) < 4.78 is 4.91. The van der Waals surface area contributed by atoms with E-state index in [1.165, 1.54) is 0 Å². The van der Waals surface area contributed by atoms with Crippen LogP contribution >= 0.6 is 11.6 Å². The van der Waals surface area contributed by atoms with Crippen molar-refractivity contribution in [1.29, 1.82) is 0 Å². The molecule has 0 fully saturated rings. The molecule has 0 aliphatic carbocycles. The number of benzene rings is 1. The Morgan fingerprint density at radius 3 is 2.33 bits per heavy atom. The van der Waals surface area contributed by atoms with Gasteiger partial charge in [-0.1, -0.05) is 17.7 Å². The van der Waals surface area contributed by atoms with Crippen molar-refractivity contribution < 1.29 is 14.8 Å². The second-order valence-corrected chi connectivity index (χ2v) is 2.24. The Bertz CT molecular complexity index is 220. The van der Waals surface area contributed by atoms with Gasteiger partial charge in [-0.05, 0) is 18.2 Å². The van der Waals surface area contributed by atoms with Gasteiger partial charge in [-0.15, -0.1) is 0 Å². The predicted octanol–water partition coefficient (Wildman–Crippen LogP) is 0.586. The quantitative estimate of drug-likeness (QED) is 0.634. The zero-order chi connectivity index (χ0) is 9.40. The van der Waals surface area contributed by atoms with Gasteiger partial charge in [-0.3, -0.25) is 0 Å². The Morgan fingerprint density at radius 1 is 1.42 bits per heavy atom. The highest BCUT2D eigenvalue weighted by Crippen LogP contribution is 2.15. The summed E-state index contributed by atoms with van der Waals surface area (Å²) in [7, 11) is 0.867.